The highest BCUT2D eigenvalue weighted by Gasteiger charge is 2.11. The van der Waals surface area contributed by atoms with Crippen LogP contribution in [0.25, 0.3) is 0 Å². The fourth-order valence-corrected chi connectivity index (χ4v) is 1.57. The number of carbonyl (C=O) groups excluding carboxylic acids is 1. The van der Waals surface area contributed by atoms with Crippen LogP contribution in [0.2, 0.25) is 0 Å². The molecule has 0 radical (unpaired) electrons. The minimum Gasteiger partial charge on any atom is -0.465 e. The number of halogens is 2. The maximum atomic E-state index is 13.6. The Balaban J connectivity index is 2.31. The molecule has 0 atom stereocenters. The molecule has 0 aliphatic carbocycles. The lowest BCUT2D eigenvalue weighted by Crippen LogP contribution is -2.04. The Kier molecular flexibility index (Phi) is 4.11. The highest BCUT2D eigenvalue weighted by atomic mass is 19.1. The molecule has 0 heterocycles. The number of carbonyl (C=O) groups is 1. The van der Waals surface area contributed by atoms with E-state index in [0.29, 0.717) is 5.56 Å². The van der Waals surface area contributed by atoms with Gasteiger partial charge in [0.05, 0.1) is 18.2 Å². The van der Waals surface area contributed by atoms with E-state index in [9.17, 15) is 13.6 Å². The van der Waals surface area contributed by atoms with E-state index in [-0.39, 0.29) is 11.1 Å². The molecule has 0 N–H and O–H groups in total. The van der Waals surface area contributed by atoms with E-state index in [2.05, 4.69) is 16.6 Å². The number of hydrogen-bond donors (Lipinski definition) is 0. The normalized spacial score (nSPS) is 9.55. The Hall–Kier alpha value is -2.67. The van der Waals surface area contributed by atoms with Crippen molar-refractivity contribution in [2.24, 2.45) is 0 Å². The maximum absolute atomic E-state index is 13.6. The van der Waals surface area contributed by atoms with Crippen molar-refractivity contribution in [1.29, 1.82) is 0 Å². The van der Waals surface area contributed by atoms with Crippen LogP contribution in [0.4, 0.5) is 8.78 Å². The topological polar surface area (TPSA) is 26.3 Å². The van der Waals surface area contributed by atoms with Gasteiger partial charge in [-0.3, -0.25) is 0 Å². The zero-order valence-corrected chi connectivity index (χ0v) is 10.6. The van der Waals surface area contributed by atoms with Gasteiger partial charge in [0.2, 0.25) is 0 Å². The van der Waals surface area contributed by atoms with Gasteiger partial charge < -0.3 is 4.74 Å². The Bertz CT molecular complexity index is 712. The summed E-state index contributed by atoms with van der Waals surface area (Å²) in [6.45, 7) is 0. The van der Waals surface area contributed by atoms with Crippen LogP contribution in [0, 0.1) is 23.5 Å². The van der Waals surface area contributed by atoms with Crippen LogP contribution in [-0.2, 0) is 4.74 Å². The van der Waals surface area contributed by atoms with Gasteiger partial charge in [-0.2, -0.15) is 0 Å². The number of methoxy groups -OCH3 is 1. The van der Waals surface area contributed by atoms with Gasteiger partial charge in [-0.1, -0.05) is 24.0 Å². The van der Waals surface area contributed by atoms with Crippen LogP contribution in [0.15, 0.2) is 42.5 Å². The first-order chi connectivity index (χ1) is 9.61. The average Bonchev–Trinajstić information content (AvgIpc) is 2.46. The number of benzene rings is 2. The van der Waals surface area contributed by atoms with Gasteiger partial charge >= 0.3 is 5.97 Å². The summed E-state index contributed by atoms with van der Waals surface area (Å²) < 4.78 is 31.4. The van der Waals surface area contributed by atoms with Crippen molar-refractivity contribution in [3.63, 3.8) is 0 Å². The minimum absolute atomic E-state index is 0.163. The first kappa shape index (κ1) is 13.8. The summed E-state index contributed by atoms with van der Waals surface area (Å²) in [6, 6.07) is 9.92. The van der Waals surface area contributed by atoms with Gasteiger partial charge in [0.1, 0.15) is 11.6 Å². The summed E-state index contributed by atoms with van der Waals surface area (Å²) in [5.74, 6) is 3.34. The Morgan fingerprint density at radius 2 is 1.80 bits per heavy atom. The second kappa shape index (κ2) is 5.98. The zero-order valence-electron chi connectivity index (χ0n) is 10.6. The molecule has 4 heteroatoms. The van der Waals surface area contributed by atoms with Crippen molar-refractivity contribution in [2.45, 2.75) is 0 Å². The molecule has 2 aromatic carbocycles. The average molecular weight is 272 g/mol. The Morgan fingerprint density at radius 3 is 2.45 bits per heavy atom. The standard InChI is InChI=1S/C16H10F2O2/c1-20-16(19)13-9-7-11(10-15(13)18)6-8-12-4-2-3-5-14(12)17/h2-5,7,9-10H,1H3. The molecule has 0 aliphatic rings. The molecule has 0 spiro atoms. The van der Waals surface area contributed by atoms with E-state index in [1.54, 1.807) is 12.1 Å². The minimum atomic E-state index is -0.754. The van der Waals surface area contributed by atoms with E-state index in [4.69, 9.17) is 0 Å². The smallest absolute Gasteiger partial charge is 0.340 e. The fourth-order valence-electron chi connectivity index (χ4n) is 1.57. The van der Waals surface area contributed by atoms with E-state index in [1.165, 1.54) is 31.4 Å². The zero-order chi connectivity index (χ0) is 14.5. The molecule has 0 fully saturated rings. The lowest BCUT2D eigenvalue weighted by Gasteiger charge is -2.00. The van der Waals surface area contributed by atoms with E-state index < -0.39 is 17.6 Å². The predicted octanol–water partition coefficient (Wildman–Crippen LogP) is 3.15. The largest absolute Gasteiger partial charge is 0.465 e. The van der Waals surface area contributed by atoms with Crippen LogP contribution in [0.3, 0.4) is 0 Å². The number of rotatable bonds is 1. The molecule has 2 rings (SSSR count). The Labute approximate surface area is 115 Å². The van der Waals surface area contributed by atoms with E-state index in [0.717, 1.165) is 6.07 Å². The van der Waals surface area contributed by atoms with Crippen LogP contribution >= 0.6 is 0 Å². The van der Waals surface area contributed by atoms with Gasteiger partial charge in [0.25, 0.3) is 0 Å². The molecule has 20 heavy (non-hydrogen) atoms. The highest BCUT2D eigenvalue weighted by molar-refractivity contribution is 5.89. The van der Waals surface area contributed by atoms with Crippen molar-refractivity contribution in [3.8, 4) is 11.8 Å². The number of esters is 1. The van der Waals surface area contributed by atoms with Crippen LogP contribution in [0.5, 0.6) is 0 Å². The van der Waals surface area contributed by atoms with Crippen molar-refractivity contribution in [1.82, 2.24) is 0 Å². The van der Waals surface area contributed by atoms with Crippen molar-refractivity contribution >= 4 is 5.97 Å². The number of ether oxygens (including phenoxy) is 1. The van der Waals surface area contributed by atoms with Gasteiger partial charge in [-0.15, -0.1) is 0 Å². The monoisotopic (exact) mass is 272 g/mol. The SMILES string of the molecule is COC(=O)c1ccc(C#Cc2ccccc2F)cc1F. The van der Waals surface area contributed by atoms with Crippen molar-refractivity contribution < 1.29 is 18.3 Å². The molecule has 100 valence electrons. The quantitative estimate of drug-likeness (QED) is 0.589. The number of hydrogen-bond acceptors (Lipinski definition) is 2. The summed E-state index contributed by atoms with van der Waals surface area (Å²) in [6.07, 6.45) is 0. The lowest BCUT2D eigenvalue weighted by atomic mass is 10.1. The summed E-state index contributed by atoms with van der Waals surface area (Å²) >= 11 is 0. The van der Waals surface area contributed by atoms with E-state index >= 15 is 0 Å². The summed E-state index contributed by atoms with van der Waals surface area (Å²) in [4.78, 5) is 11.2. The maximum Gasteiger partial charge on any atom is 0.340 e. The summed E-state index contributed by atoms with van der Waals surface area (Å²) in [5.41, 5.74) is 0.410. The molecule has 2 aromatic rings. The third-order valence-corrected chi connectivity index (χ3v) is 2.59. The molecule has 2 nitrogen and oxygen atoms in total. The molecule has 0 unspecified atom stereocenters. The first-order valence-electron chi connectivity index (χ1n) is 5.76. The molecule has 0 amide bonds. The molecular weight excluding hydrogens is 262 g/mol. The van der Waals surface area contributed by atoms with E-state index in [1.807, 2.05) is 0 Å². The van der Waals surface area contributed by atoms with Crippen LogP contribution < -0.4 is 0 Å². The Morgan fingerprint density at radius 1 is 1.05 bits per heavy atom. The summed E-state index contributed by atoms with van der Waals surface area (Å²) in [5, 5.41) is 0. The third-order valence-electron chi connectivity index (χ3n) is 2.59. The van der Waals surface area contributed by atoms with Crippen molar-refractivity contribution in [3.05, 3.63) is 70.8 Å². The van der Waals surface area contributed by atoms with Gasteiger partial charge in [0.15, 0.2) is 0 Å². The second-order valence-electron chi connectivity index (χ2n) is 3.92. The van der Waals surface area contributed by atoms with Crippen molar-refractivity contribution in [2.75, 3.05) is 7.11 Å². The van der Waals surface area contributed by atoms with Crippen LogP contribution in [-0.4, -0.2) is 13.1 Å². The molecule has 0 aromatic heterocycles. The van der Waals surface area contributed by atoms with Gasteiger partial charge in [-0.25, -0.2) is 13.6 Å². The highest BCUT2D eigenvalue weighted by Crippen LogP contribution is 2.11. The molecular formula is C16H10F2O2. The van der Waals surface area contributed by atoms with Crippen LogP contribution in [0.1, 0.15) is 21.5 Å². The predicted molar refractivity (Wildman–Crippen MR) is 70.1 cm³/mol. The van der Waals surface area contributed by atoms with Gasteiger partial charge in [0, 0.05) is 5.56 Å². The molecule has 0 bridgehead atoms. The molecule has 0 saturated heterocycles. The van der Waals surface area contributed by atoms with Gasteiger partial charge in [-0.05, 0) is 30.3 Å². The second-order valence-corrected chi connectivity index (χ2v) is 3.92. The third kappa shape index (κ3) is 3.01. The molecule has 0 aliphatic heterocycles. The summed E-state index contributed by atoms with van der Waals surface area (Å²) in [7, 11) is 1.17. The fraction of sp³-hybridized carbons (Fsp3) is 0.0625. The molecule has 0 saturated carbocycles. The first-order valence-corrected chi connectivity index (χ1v) is 5.76. The lowest BCUT2D eigenvalue weighted by molar-refractivity contribution is 0.0595.